The Bertz CT molecular complexity index is 1110. The quantitative estimate of drug-likeness (QED) is 0.500. The molecule has 4 rings (SSSR count). The van der Waals surface area contributed by atoms with Gasteiger partial charge in [-0.1, -0.05) is 24.3 Å². The number of piperazine rings is 1. The lowest BCUT2D eigenvalue weighted by atomic mass is 10.1. The first-order valence-electron chi connectivity index (χ1n) is 8.83. The number of rotatable bonds is 3. The molecule has 0 spiro atoms. The molecule has 1 fully saturated rings. The summed E-state index contributed by atoms with van der Waals surface area (Å²) >= 11 is 1.40. The summed E-state index contributed by atoms with van der Waals surface area (Å²) in [6.07, 6.45) is 0. The van der Waals surface area contributed by atoms with Crippen LogP contribution in [0.1, 0.15) is 9.67 Å². The number of nitro groups is 1. The number of carbonyl (C=O) groups excluding carboxylic acids is 1. The third-order valence-electron chi connectivity index (χ3n) is 5.05. The SMILES string of the molecule is Cn1c(=O)c([N+](=O)[O-])c(N2CCN(C(=O)c3cccs3)CC2)c2ccccc21. The number of hydrogen-bond acceptors (Lipinski definition) is 6. The molecule has 1 saturated heterocycles. The van der Waals surface area contributed by atoms with Crippen LogP contribution in [-0.4, -0.2) is 46.5 Å². The fourth-order valence-corrected chi connectivity index (χ4v) is 4.33. The van der Waals surface area contributed by atoms with Crippen molar-refractivity contribution in [2.24, 2.45) is 7.05 Å². The monoisotopic (exact) mass is 398 g/mol. The molecule has 0 bridgehead atoms. The van der Waals surface area contributed by atoms with Crippen molar-refractivity contribution in [2.75, 3.05) is 31.1 Å². The van der Waals surface area contributed by atoms with Crippen LogP contribution in [0.25, 0.3) is 10.9 Å². The van der Waals surface area contributed by atoms with Crippen LogP contribution in [0.2, 0.25) is 0 Å². The summed E-state index contributed by atoms with van der Waals surface area (Å²) in [6, 6.07) is 10.8. The van der Waals surface area contributed by atoms with Gasteiger partial charge in [0.15, 0.2) is 0 Å². The Morgan fingerprint density at radius 3 is 2.46 bits per heavy atom. The Labute approximate surface area is 164 Å². The van der Waals surface area contributed by atoms with E-state index < -0.39 is 16.2 Å². The third kappa shape index (κ3) is 2.93. The number of para-hydroxylation sites is 1. The smallest absolute Gasteiger partial charge is 0.357 e. The molecule has 3 aromatic rings. The first-order valence-corrected chi connectivity index (χ1v) is 9.71. The zero-order valence-electron chi connectivity index (χ0n) is 15.2. The van der Waals surface area contributed by atoms with Crippen LogP contribution < -0.4 is 10.5 Å². The molecule has 2 aromatic heterocycles. The van der Waals surface area contributed by atoms with Crippen LogP contribution in [0.4, 0.5) is 11.4 Å². The van der Waals surface area contributed by atoms with E-state index in [1.165, 1.54) is 15.9 Å². The van der Waals surface area contributed by atoms with Gasteiger partial charge in [-0.15, -0.1) is 11.3 Å². The van der Waals surface area contributed by atoms with E-state index in [2.05, 4.69) is 0 Å². The average molecular weight is 398 g/mol. The van der Waals surface area contributed by atoms with Gasteiger partial charge < -0.3 is 14.4 Å². The van der Waals surface area contributed by atoms with E-state index in [9.17, 15) is 19.7 Å². The number of pyridine rings is 1. The van der Waals surface area contributed by atoms with Crippen LogP contribution in [0, 0.1) is 10.1 Å². The first kappa shape index (κ1) is 18.2. The van der Waals surface area contributed by atoms with E-state index in [0.29, 0.717) is 47.6 Å². The summed E-state index contributed by atoms with van der Waals surface area (Å²) in [5.41, 5.74) is -0.0628. The van der Waals surface area contributed by atoms with Gasteiger partial charge in [0.05, 0.1) is 15.3 Å². The molecule has 28 heavy (non-hydrogen) atoms. The highest BCUT2D eigenvalue weighted by molar-refractivity contribution is 7.12. The molecule has 1 aliphatic rings. The van der Waals surface area contributed by atoms with Crippen molar-refractivity contribution < 1.29 is 9.72 Å². The van der Waals surface area contributed by atoms with Gasteiger partial charge in [-0.25, -0.2) is 0 Å². The van der Waals surface area contributed by atoms with E-state index in [0.717, 1.165) is 0 Å². The molecule has 1 amide bonds. The van der Waals surface area contributed by atoms with Gasteiger partial charge in [-0.2, -0.15) is 0 Å². The Morgan fingerprint density at radius 1 is 1.11 bits per heavy atom. The van der Waals surface area contributed by atoms with Crippen LogP contribution in [0.5, 0.6) is 0 Å². The highest BCUT2D eigenvalue weighted by atomic mass is 32.1. The second-order valence-electron chi connectivity index (χ2n) is 6.59. The second kappa shape index (κ2) is 7.08. The van der Waals surface area contributed by atoms with Crippen molar-refractivity contribution in [1.82, 2.24) is 9.47 Å². The maximum Gasteiger partial charge on any atom is 0.357 e. The largest absolute Gasteiger partial charge is 0.362 e. The molecule has 3 heterocycles. The molecule has 144 valence electrons. The predicted molar refractivity (Wildman–Crippen MR) is 108 cm³/mol. The molecule has 0 N–H and O–H groups in total. The first-order chi connectivity index (χ1) is 13.5. The van der Waals surface area contributed by atoms with Crippen LogP contribution in [-0.2, 0) is 7.05 Å². The summed E-state index contributed by atoms with van der Waals surface area (Å²) < 4.78 is 1.31. The number of aryl methyl sites for hydroxylation is 1. The van der Waals surface area contributed by atoms with Crippen LogP contribution >= 0.6 is 11.3 Å². The molecular weight excluding hydrogens is 380 g/mol. The van der Waals surface area contributed by atoms with Crippen molar-refractivity contribution in [1.29, 1.82) is 0 Å². The molecule has 1 aromatic carbocycles. The zero-order valence-corrected chi connectivity index (χ0v) is 16.0. The summed E-state index contributed by atoms with van der Waals surface area (Å²) in [5, 5.41) is 14.2. The van der Waals surface area contributed by atoms with Gasteiger partial charge in [-0.3, -0.25) is 19.7 Å². The lowest BCUT2D eigenvalue weighted by molar-refractivity contribution is -0.385. The number of hydrogen-bond donors (Lipinski definition) is 0. The standard InChI is InChI=1S/C19H18N4O4S/c1-20-14-6-3-2-5-13(14)16(17(19(20)25)23(26)27)21-8-10-22(11-9-21)18(24)15-7-4-12-28-15/h2-7,12H,8-11H2,1H3. The Hall–Kier alpha value is -3.20. The maximum atomic E-state index is 12.6. The van der Waals surface area contributed by atoms with E-state index in [1.54, 1.807) is 42.3 Å². The molecule has 8 nitrogen and oxygen atoms in total. The fourth-order valence-electron chi connectivity index (χ4n) is 3.64. The number of anilines is 1. The third-order valence-corrected chi connectivity index (χ3v) is 5.91. The Balaban J connectivity index is 1.71. The fraction of sp³-hybridized carbons (Fsp3) is 0.263. The average Bonchev–Trinajstić information content (AvgIpc) is 3.25. The number of thiophene rings is 1. The topological polar surface area (TPSA) is 88.7 Å². The van der Waals surface area contributed by atoms with Gasteiger partial charge in [0.1, 0.15) is 5.69 Å². The van der Waals surface area contributed by atoms with Gasteiger partial charge >= 0.3 is 11.2 Å². The maximum absolute atomic E-state index is 12.6. The second-order valence-corrected chi connectivity index (χ2v) is 7.54. The molecule has 0 saturated carbocycles. The van der Waals surface area contributed by atoms with E-state index in [-0.39, 0.29) is 5.91 Å². The van der Waals surface area contributed by atoms with Gasteiger partial charge in [0.2, 0.25) is 0 Å². The predicted octanol–water partition coefficient (Wildman–Crippen LogP) is 2.47. The number of nitrogens with zero attached hydrogens (tertiary/aromatic N) is 4. The molecule has 0 aliphatic carbocycles. The molecule has 0 radical (unpaired) electrons. The van der Waals surface area contributed by atoms with E-state index >= 15 is 0 Å². The molecule has 9 heteroatoms. The lowest BCUT2D eigenvalue weighted by Crippen LogP contribution is -2.49. The van der Waals surface area contributed by atoms with E-state index in [4.69, 9.17) is 0 Å². The summed E-state index contributed by atoms with van der Waals surface area (Å²) in [5.74, 6) is -0.0296. The van der Waals surface area contributed by atoms with Gasteiger partial charge in [-0.05, 0) is 17.5 Å². The molecule has 1 aliphatic heterocycles. The molecular formula is C19H18N4O4S. The minimum absolute atomic E-state index is 0.0296. The lowest BCUT2D eigenvalue weighted by Gasteiger charge is -2.36. The normalized spacial score (nSPS) is 14.5. The van der Waals surface area contributed by atoms with Crippen molar-refractivity contribution in [3.63, 3.8) is 0 Å². The molecule has 0 atom stereocenters. The number of carbonyl (C=O) groups is 1. The Kier molecular flexibility index (Phi) is 4.60. The summed E-state index contributed by atoms with van der Waals surface area (Å²) in [6.45, 7) is 1.74. The van der Waals surface area contributed by atoms with Crippen molar-refractivity contribution in [3.8, 4) is 0 Å². The highest BCUT2D eigenvalue weighted by Crippen LogP contribution is 2.34. The van der Waals surface area contributed by atoms with Crippen molar-refractivity contribution in [2.45, 2.75) is 0 Å². The van der Waals surface area contributed by atoms with E-state index in [1.807, 2.05) is 16.3 Å². The van der Waals surface area contributed by atoms with Crippen LogP contribution in [0.15, 0.2) is 46.6 Å². The van der Waals surface area contributed by atoms with Gasteiger partial charge in [0.25, 0.3) is 5.91 Å². The Morgan fingerprint density at radius 2 is 1.82 bits per heavy atom. The summed E-state index contributed by atoms with van der Waals surface area (Å²) in [4.78, 5) is 40.6. The number of fused-ring (bicyclic) bond motifs is 1. The zero-order chi connectivity index (χ0) is 19.8. The van der Waals surface area contributed by atoms with Crippen molar-refractivity contribution in [3.05, 3.63) is 67.1 Å². The molecule has 0 unspecified atom stereocenters. The summed E-state index contributed by atoms with van der Waals surface area (Å²) in [7, 11) is 1.54. The number of benzene rings is 1. The van der Waals surface area contributed by atoms with Gasteiger partial charge in [0, 0.05) is 38.6 Å². The number of aromatic nitrogens is 1. The van der Waals surface area contributed by atoms with Crippen LogP contribution in [0.3, 0.4) is 0 Å². The minimum Gasteiger partial charge on any atom is -0.362 e. The van der Waals surface area contributed by atoms with Crippen molar-refractivity contribution >= 4 is 39.5 Å². The minimum atomic E-state index is -0.629. The number of amides is 1. The highest BCUT2D eigenvalue weighted by Gasteiger charge is 2.31.